The van der Waals surface area contributed by atoms with Crippen LogP contribution in [0.2, 0.25) is 0 Å². The molecule has 1 aromatic heterocycles. The van der Waals surface area contributed by atoms with Gasteiger partial charge in [-0.2, -0.15) is 0 Å². The maximum Gasteiger partial charge on any atom is 0.120 e. The van der Waals surface area contributed by atoms with Gasteiger partial charge in [-0.25, -0.2) is 4.98 Å². The molecule has 2 atom stereocenters. The van der Waals surface area contributed by atoms with Crippen LogP contribution in [0.4, 0.5) is 0 Å². The molecule has 0 saturated carbocycles. The second kappa shape index (κ2) is 6.14. The number of likely N-dealkylation sites (tertiary alicyclic amines) is 1. The van der Waals surface area contributed by atoms with Gasteiger partial charge in [0.05, 0.1) is 26.4 Å². The van der Waals surface area contributed by atoms with Crippen LogP contribution in [-0.4, -0.2) is 53.9 Å². The quantitative estimate of drug-likeness (QED) is 0.869. The molecule has 4 rings (SSSR count). The Morgan fingerprint density at radius 3 is 3.18 bits per heavy atom. The topological polar surface area (TPSA) is 50.4 Å². The van der Waals surface area contributed by atoms with Crippen molar-refractivity contribution in [2.75, 3.05) is 33.0 Å². The number of hydrogen-bond donors (Lipinski definition) is 1. The molecule has 5 heteroatoms. The van der Waals surface area contributed by atoms with E-state index in [1.54, 1.807) is 5.57 Å². The first-order chi connectivity index (χ1) is 10.9. The molecule has 2 saturated heterocycles. The molecule has 22 heavy (non-hydrogen) atoms. The van der Waals surface area contributed by atoms with Gasteiger partial charge in [-0.05, 0) is 32.2 Å². The van der Waals surface area contributed by atoms with E-state index in [9.17, 15) is 0 Å². The number of hydrogen-bond acceptors (Lipinski definition) is 4. The van der Waals surface area contributed by atoms with Crippen molar-refractivity contribution in [2.24, 2.45) is 5.41 Å². The van der Waals surface area contributed by atoms with Gasteiger partial charge < -0.3 is 14.5 Å². The lowest BCUT2D eigenvalue weighted by atomic mass is 9.65. The fourth-order valence-corrected chi connectivity index (χ4v) is 4.56. The van der Waals surface area contributed by atoms with Crippen LogP contribution in [0.3, 0.4) is 0 Å². The maximum absolute atomic E-state index is 5.95. The van der Waals surface area contributed by atoms with Crippen LogP contribution >= 0.6 is 0 Å². The van der Waals surface area contributed by atoms with Gasteiger partial charge in [0.2, 0.25) is 0 Å². The molecule has 0 aliphatic carbocycles. The van der Waals surface area contributed by atoms with Crippen molar-refractivity contribution in [3.05, 3.63) is 29.9 Å². The molecule has 5 nitrogen and oxygen atoms in total. The Morgan fingerprint density at radius 1 is 1.36 bits per heavy atom. The SMILES string of the molecule is C1=C([C@@]23CCCN(Cc4ncc[nH]4)[C@H]2CCOC3)CCOC1. The van der Waals surface area contributed by atoms with E-state index in [1.165, 1.54) is 12.8 Å². The number of rotatable bonds is 3. The van der Waals surface area contributed by atoms with Gasteiger partial charge in [-0.15, -0.1) is 0 Å². The monoisotopic (exact) mass is 303 g/mol. The van der Waals surface area contributed by atoms with Crippen LogP contribution in [0.1, 0.15) is 31.5 Å². The van der Waals surface area contributed by atoms with E-state index >= 15 is 0 Å². The number of aromatic amines is 1. The first-order valence-electron chi connectivity index (χ1n) is 8.46. The molecule has 3 aliphatic rings. The second-order valence-electron chi connectivity index (χ2n) is 6.68. The minimum Gasteiger partial charge on any atom is -0.380 e. The molecular formula is C17H25N3O2. The zero-order valence-corrected chi connectivity index (χ0v) is 13.1. The predicted octanol–water partition coefficient (Wildman–Crippen LogP) is 2.13. The highest BCUT2D eigenvalue weighted by molar-refractivity contribution is 5.23. The highest BCUT2D eigenvalue weighted by atomic mass is 16.5. The van der Waals surface area contributed by atoms with E-state index in [0.29, 0.717) is 6.04 Å². The van der Waals surface area contributed by atoms with Crippen molar-refractivity contribution in [3.63, 3.8) is 0 Å². The molecule has 0 unspecified atom stereocenters. The van der Waals surface area contributed by atoms with Crippen LogP contribution in [0.25, 0.3) is 0 Å². The fourth-order valence-electron chi connectivity index (χ4n) is 4.56. The smallest absolute Gasteiger partial charge is 0.120 e. The largest absolute Gasteiger partial charge is 0.380 e. The van der Waals surface area contributed by atoms with E-state index in [0.717, 1.165) is 58.2 Å². The average Bonchev–Trinajstić information content (AvgIpc) is 3.09. The van der Waals surface area contributed by atoms with E-state index in [1.807, 2.05) is 12.4 Å². The van der Waals surface area contributed by atoms with E-state index in [2.05, 4.69) is 20.9 Å². The van der Waals surface area contributed by atoms with Crippen molar-refractivity contribution in [1.82, 2.24) is 14.9 Å². The third kappa shape index (κ3) is 2.51. The summed E-state index contributed by atoms with van der Waals surface area (Å²) in [6, 6.07) is 0.574. The minimum atomic E-state index is 0.201. The van der Waals surface area contributed by atoms with Gasteiger partial charge in [-0.3, -0.25) is 4.90 Å². The van der Waals surface area contributed by atoms with Crippen LogP contribution < -0.4 is 0 Å². The third-order valence-corrected chi connectivity index (χ3v) is 5.55. The van der Waals surface area contributed by atoms with Crippen molar-refractivity contribution in [1.29, 1.82) is 0 Å². The first-order valence-corrected chi connectivity index (χ1v) is 8.46. The molecule has 0 spiro atoms. The van der Waals surface area contributed by atoms with E-state index in [-0.39, 0.29) is 5.41 Å². The highest BCUT2D eigenvalue weighted by Gasteiger charge is 2.49. The van der Waals surface area contributed by atoms with Gasteiger partial charge in [0.15, 0.2) is 0 Å². The Morgan fingerprint density at radius 2 is 2.36 bits per heavy atom. The number of ether oxygens (including phenoxy) is 2. The summed E-state index contributed by atoms with van der Waals surface area (Å²) >= 11 is 0. The Balaban J connectivity index is 1.61. The van der Waals surface area contributed by atoms with Gasteiger partial charge in [0.1, 0.15) is 5.82 Å². The van der Waals surface area contributed by atoms with Gasteiger partial charge in [-0.1, -0.05) is 11.6 Å². The summed E-state index contributed by atoms with van der Waals surface area (Å²) in [7, 11) is 0. The summed E-state index contributed by atoms with van der Waals surface area (Å²) in [5.74, 6) is 1.07. The number of fused-ring (bicyclic) bond motifs is 1. The number of imidazole rings is 1. The van der Waals surface area contributed by atoms with Gasteiger partial charge >= 0.3 is 0 Å². The summed E-state index contributed by atoms with van der Waals surface area (Å²) in [5, 5.41) is 0. The van der Waals surface area contributed by atoms with Crippen molar-refractivity contribution in [3.8, 4) is 0 Å². The lowest BCUT2D eigenvalue weighted by molar-refractivity contribution is -0.0879. The van der Waals surface area contributed by atoms with Crippen LogP contribution in [0, 0.1) is 5.41 Å². The first kappa shape index (κ1) is 14.4. The van der Waals surface area contributed by atoms with Crippen molar-refractivity contribution in [2.45, 2.75) is 38.3 Å². The van der Waals surface area contributed by atoms with Crippen molar-refractivity contribution < 1.29 is 9.47 Å². The number of aromatic nitrogens is 2. The summed E-state index contributed by atoms with van der Waals surface area (Å²) in [6.45, 7) is 5.46. The third-order valence-electron chi connectivity index (χ3n) is 5.55. The Hall–Kier alpha value is -1.17. The summed E-state index contributed by atoms with van der Waals surface area (Å²) < 4.78 is 11.5. The van der Waals surface area contributed by atoms with E-state index in [4.69, 9.17) is 9.47 Å². The fraction of sp³-hybridized carbons (Fsp3) is 0.706. The van der Waals surface area contributed by atoms with E-state index < -0.39 is 0 Å². The molecule has 0 aromatic carbocycles. The second-order valence-corrected chi connectivity index (χ2v) is 6.68. The summed E-state index contributed by atoms with van der Waals surface area (Å²) in [6.07, 6.45) is 10.8. The lowest BCUT2D eigenvalue weighted by Gasteiger charge is -2.54. The Kier molecular flexibility index (Phi) is 4.03. The Bertz CT molecular complexity index is 524. The molecule has 120 valence electrons. The molecule has 4 heterocycles. The molecule has 0 radical (unpaired) electrons. The molecular weight excluding hydrogens is 278 g/mol. The lowest BCUT2D eigenvalue weighted by Crippen LogP contribution is -2.58. The molecule has 2 fully saturated rings. The number of nitrogens with one attached hydrogen (secondary N) is 1. The number of piperidine rings is 1. The zero-order valence-electron chi connectivity index (χ0n) is 13.1. The number of nitrogens with zero attached hydrogens (tertiary/aromatic N) is 2. The van der Waals surface area contributed by atoms with Gasteiger partial charge in [0.25, 0.3) is 0 Å². The molecule has 1 N–H and O–H groups in total. The number of H-pyrrole nitrogens is 1. The predicted molar refractivity (Wildman–Crippen MR) is 83.4 cm³/mol. The molecule has 3 aliphatic heterocycles. The Labute approximate surface area is 131 Å². The van der Waals surface area contributed by atoms with Crippen LogP contribution in [-0.2, 0) is 16.0 Å². The molecule has 0 amide bonds. The summed E-state index contributed by atoms with van der Waals surface area (Å²) in [5.41, 5.74) is 1.78. The average molecular weight is 303 g/mol. The zero-order chi connectivity index (χ0) is 14.8. The summed E-state index contributed by atoms with van der Waals surface area (Å²) in [4.78, 5) is 10.3. The van der Waals surface area contributed by atoms with Crippen LogP contribution in [0.15, 0.2) is 24.0 Å². The minimum absolute atomic E-state index is 0.201. The van der Waals surface area contributed by atoms with Gasteiger partial charge in [0, 0.05) is 30.5 Å². The normalized spacial score (nSPS) is 33.3. The van der Waals surface area contributed by atoms with Crippen LogP contribution in [0.5, 0.6) is 0 Å². The maximum atomic E-state index is 5.95. The highest BCUT2D eigenvalue weighted by Crippen LogP contribution is 2.48. The molecule has 1 aromatic rings. The van der Waals surface area contributed by atoms with Crippen molar-refractivity contribution >= 4 is 0 Å². The standard InChI is InChI=1S/C17H25N3O2/c1-5-17(14-2-9-21-10-3-14)13-22-11-4-15(17)20(8-1)12-16-18-6-7-19-16/h2,6-7,15H,1,3-5,8-13H2,(H,18,19)/t15-,17-/m0/s1. The molecule has 0 bridgehead atoms.